The van der Waals surface area contributed by atoms with Crippen molar-refractivity contribution in [1.29, 1.82) is 0 Å². The average Bonchev–Trinajstić information content (AvgIpc) is 3.77. The van der Waals surface area contributed by atoms with Gasteiger partial charge in [0.05, 0.1) is 0 Å². The Morgan fingerprint density at radius 2 is 1.14 bits per heavy atom. The Morgan fingerprint density at radius 1 is 0.549 bits per heavy atom. The number of hydrogen-bond donors (Lipinski definition) is 1. The van der Waals surface area contributed by atoms with E-state index in [4.69, 9.17) is 0 Å². The number of anilines is 1. The number of aromatic nitrogens is 1. The molecule has 6 aliphatic heterocycles. The number of nitrogens with one attached hydrogen (secondary N) is 1. The van der Waals surface area contributed by atoms with Crippen LogP contribution in [0.1, 0.15) is 22.3 Å². The first kappa shape index (κ1) is 27.6. The summed E-state index contributed by atoms with van der Waals surface area (Å²) >= 11 is 0. The van der Waals surface area contributed by atoms with E-state index < -0.39 is 11.8 Å². The average molecular weight is 659 g/mol. The first-order valence-electron chi connectivity index (χ1n) is 18.4. The Labute approximate surface area is 299 Å². The SMILES string of the molecule is [B-]1B2B3B1P23(Nc1ccccc1)c1cccc2c1B1c3c(cccc3C2(c2ccccc2)c2ccccc2)-n2c3ccccc3c3cccc1c32. The van der Waals surface area contributed by atoms with Crippen LogP contribution in [0.5, 0.6) is 0 Å². The zero-order valence-electron chi connectivity index (χ0n) is 27.9. The second-order valence-electron chi connectivity index (χ2n) is 15.5. The number of rotatable bonds is 5. The van der Waals surface area contributed by atoms with Crippen molar-refractivity contribution >= 4 is 88.0 Å². The van der Waals surface area contributed by atoms with E-state index in [9.17, 15) is 0 Å². The van der Waals surface area contributed by atoms with Crippen LogP contribution >= 0.6 is 6.39 Å². The Bertz CT molecular complexity index is 2760. The molecule has 0 aliphatic carbocycles. The molecule has 4 saturated heterocycles. The summed E-state index contributed by atoms with van der Waals surface area (Å²) in [5.41, 5.74) is 14.7. The van der Waals surface area contributed by atoms with E-state index in [1.54, 1.807) is 10.8 Å². The topological polar surface area (TPSA) is 17.0 Å². The molecular weight excluding hydrogens is 630 g/mol. The summed E-state index contributed by atoms with van der Waals surface area (Å²) < 4.78 is 2.60. The summed E-state index contributed by atoms with van der Waals surface area (Å²) in [5.74, 6) is 0. The third kappa shape index (κ3) is 2.86. The van der Waals surface area contributed by atoms with Gasteiger partial charge in [0.1, 0.15) is 0 Å². The van der Waals surface area contributed by atoms with Gasteiger partial charge in [-0.2, -0.15) is 0 Å². The quantitative estimate of drug-likeness (QED) is 0.168. The van der Waals surface area contributed by atoms with Crippen LogP contribution < -0.4 is 26.8 Å². The Hall–Kier alpha value is -5.11. The first-order valence-corrected chi connectivity index (χ1v) is 20.8. The van der Waals surface area contributed by atoms with Crippen molar-refractivity contribution < 1.29 is 0 Å². The van der Waals surface area contributed by atoms with Gasteiger partial charge in [0.15, 0.2) is 0 Å². The van der Waals surface area contributed by atoms with Crippen molar-refractivity contribution in [3.63, 3.8) is 0 Å². The van der Waals surface area contributed by atoms with Crippen LogP contribution in [0.2, 0.25) is 0 Å². The van der Waals surface area contributed by atoms with Gasteiger partial charge in [-0.1, -0.05) is 0 Å². The summed E-state index contributed by atoms with van der Waals surface area (Å²) in [7, 11) is 2.67. The zero-order chi connectivity index (χ0) is 33.1. The van der Waals surface area contributed by atoms with E-state index in [0.717, 1.165) is 6.21 Å². The fraction of sp³-hybridized carbons (Fsp3) is 0.0233. The Morgan fingerprint density at radius 3 is 1.82 bits per heavy atom. The molecule has 2 nitrogen and oxygen atoms in total. The molecule has 2 bridgehead atoms. The summed E-state index contributed by atoms with van der Waals surface area (Å²) in [6, 6.07) is 64.6. The van der Waals surface area contributed by atoms with Crippen LogP contribution in [-0.2, 0) is 5.41 Å². The van der Waals surface area contributed by atoms with Gasteiger partial charge in [0, 0.05) is 0 Å². The van der Waals surface area contributed by atoms with Crippen LogP contribution in [0, 0.1) is 0 Å². The number of benzene rings is 7. The van der Waals surface area contributed by atoms with Gasteiger partial charge >= 0.3 is 301 Å². The molecule has 4 fully saturated rings. The van der Waals surface area contributed by atoms with E-state index in [1.807, 2.05) is 0 Å². The van der Waals surface area contributed by atoms with Crippen molar-refractivity contribution in [3.8, 4) is 5.69 Å². The molecule has 0 saturated carbocycles. The fourth-order valence-electron chi connectivity index (χ4n) is 11.8. The van der Waals surface area contributed by atoms with Crippen LogP contribution in [0.4, 0.5) is 5.69 Å². The molecule has 14 rings (SSSR count). The van der Waals surface area contributed by atoms with E-state index in [2.05, 4.69) is 187 Å². The molecule has 1 N–H and O–H groups in total. The third-order valence-corrected chi connectivity index (χ3v) is 20.8. The number of nitrogens with zero attached hydrogens (tertiary/aromatic N) is 1. The van der Waals surface area contributed by atoms with Crippen molar-refractivity contribution in [1.82, 2.24) is 4.57 Å². The van der Waals surface area contributed by atoms with Crippen LogP contribution in [-0.4, -0.2) is 37.0 Å². The van der Waals surface area contributed by atoms with Gasteiger partial charge in [-0.3, -0.25) is 0 Å². The van der Waals surface area contributed by atoms with Gasteiger partial charge in [-0.25, -0.2) is 0 Å². The molecule has 7 heterocycles. The second-order valence-corrected chi connectivity index (χ2v) is 20.6. The first-order chi connectivity index (χ1) is 25.3. The molecule has 7 aromatic carbocycles. The molecule has 1 aromatic heterocycles. The minimum atomic E-state index is -2.46. The fourth-order valence-corrected chi connectivity index (χ4v) is 20.1. The van der Waals surface area contributed by atoms with E-state index in [0.29, 0.717) is 12.4 Å². The minimum absolute atomic E-state index is 0.124. The number of hydrogen-bond acceptors (Lipinski definition) is 1. The molecular formula is C43H29B5N2P-. The molecule has 0 amide bonds. The zero-order valence-corrected chi connectivity index (χ0v) is 28.8. The third-order valence-electron chi connectivity index (χ3n) is 13.8. The predicted octanol–water partition coefficient (Wildman–Crippen LogP) is 6.38. The van der Waals surface area contributed by atoms with Crippen LogP contribution in [0.25, 0.3) is 27.5 Å². The van der Waals surface area contributed by atoms with E-state index >= 15 is 0 Å². The van der Waals surface area contributed by atoms with Crippen molar-refractivity contribution in [3.05, 3.63) is 192 Å². The van der Waals surface area contributed by atoms with Gasteiger partial charge in [0.2, 0.25) is 0 Å². The van der Waals surface area contributed by atoms with Gasteiger partial charge in [-0.05, 0) is 0 Å². The van der Waals surface area contributed by atoms with Gasteiger partial charge < -0.3 is 0 Å². The summed E-state index contributed by atoms with van der Waals surface area (Å²) in [6.45, 7) is 0.124. The molecule has 2 radical (unpaired) electrons. The summed E-state index contributed by atoms with van der Waals surface area (Å²) in [4.78, 5) is 0. The summed E-state index contributed by atoms with van der Waals surface area (Å²) in [5, 5.41) is 8.72. The van der Waals surface area contributed by atoms with Crippen LogP contribution in [0.15, 0.2) is 170 Å². The summed E-state index contributed by atoms with van der Waals surface area (Å²) in [6.07, 6.45) is -0.334. The van der Waals surface area contributed by atoms with Crippen molar-refractivity contribution in [2.24, 2.45) is 0 Å². The molecule has 6 aliphatic rings. The van der Waals surface area contributed by atoms with Crippen LogP contribution in [0.3, 0.4) is 0 Å². The van der Waals surface area contributed by atoms with Crippen molar-refractivity contribution in [2.45, 2.75) is 5.41 Å². The molecule has 51 heavy (non-hydrogen) atoms. The molecule has 0 spiro atoms. The molecule has 8 aromatic rings. The maximum absolute atomic E-state index is 4.41. The normalized spacial score (nSPS) is 18.9. The van der Waals surface area contributed by atoms with Crippen molar-refractivity contribution in [2.75, 3.05) is 5.09 Å². The number of para-hydroxylation sites is 3. The Kier molecular flexibility index (Phi) is 4.88. The standard InChI is InChI=1S/C43H29B5N2P/c1-4-15-29(16-5-1)43(30-17-6-2-7-18-30)34-23-13-27-38-40(34)45(36-25-12-22-33-32-21-10-11-26-37(32)50(38)42(33)36)41-35(43)24-14-28-39(41)51(46-44-47(51)48(46)51)49-31-19-8-3-9-20-31/h1-28,49H/q-1. The molecule has 8 heteroatoms. The van der Waals surface area contributed by atoms with Gasteiger partial charge in [-0.15, -0.1) is 0 Å². The molecule has 232 valence electrons. The molecule has 0 unspecified atom stereocenters. The second kappa shape index (κ2) is 9.03. The predicted molar refractivity (Wildman–Crippen MR) is 223 cm³/mol. The maximum atomic E-state index is 4.41. The molecule has 0 atom stereocenters. The van der Waals surface area contributed by atoms with E-state index in [1.165, 1.54) is 66.4 Å². The number of fused-ring (bicyclic) bond motifs is 7. The van der Waals surface area contributed by atoms with E-state index in [-0.39, 0.29) is 6.71 Å². The van der Waals surface area contributed by atoms with Gasteiger partial charge in [0.25, 0.3) is 0 Å². The monoisotopic (exact) mass is 659 g/mol. The Balaban J connectivity index is 1.23.